The Morgan fingerprint density at radius 2 is 1.95 bits per heavy atom. The molecule has 0 amide bonds. The number of nitrogens with two attached hydrogens (primary N) is 2. The number of hydrogen-bond acceptors (Lipinski definition) is 7. The highest BCUT2D eigenvalue weighted by Gasteiger charge is 2.40. The molecule has 4 aromatic rings. The fourth-order valence-electron chi connectivity index (χ4n) is 6.08. The van der Waals surface area contributed by atoms with Gasteiger partial charge in [-0.3, -0.25) is 14.4 Å². The molecule has 0 radical (unpaired) electrons. The third kappa shape index (κ3) is 5.11. The second-order valence-corrected chi connectivity index (χ2v) is 11.8. The topological polar surface area (TPSA) is 123 Å². The first-order chi connectivity index (χ1) is 19.4. The number of nitrogen functional groups attached to an aromatic ring is 1. The lowest BCUT2D eigenvalue weighted by atomic mass is 9.69. The Kier molecular flexibility index (Phi) is 7.44. The Bertz CT molecular complexity index is 1620. The predicted octanol–water partition coefficient (Wildman–Crippen LogP) is 4.72. The van der Waals surface area contributed by atoms with Crippen molar-refractivity contribution in [3.8, 4) is 5.75 Å². The SMILES string of the molecule is Cc1ccc(C(c2ccc(N(C)N)c(N)c2C)C(C)(C)C(=O)O)cc1CN1CCOc2ccc3cnn(C)c3c2C1. The van der Waals surface area contributed by atoms with Crippen LogP contribution in [0.2, 0.25) is 0 Å². The molecule has 0 fully saturated rings. The highest BCUT2D eigenvalue weighted by Crippen LogP contribution is 2.45. The first-order valence-corrected chi connectivity index (χ1v) is 13.9. The zero-order valence-electron chi connectivity index (χ0n) is 24.7. The third-order valence-corrected chi connectivity index (χ3v) is 8.61. The van der Waals surface area contributed by atoms with Crippen molar-refractivity contribution in [2.24, 2.45) is 18.3 Å². The fourth-order valence-corrected chi connectivity index (χ4v) is 6.08. The first kappa shape index (κ1) is 28.4. The number of aliphatic carboxylic acids is 1. The maximum atomic E-state index is 12.6. The Morgan fingerprint density at radius 1 is 1.20 bits per heavy atom. The molecule has 5 rings (SSSR count). The van der Waals surface area contributed by atoms with Gasteiger partial charge < -0.3 is 20.6 Å². The van der Waals surface area contributed by atoms with Gasteiger partial charge in [-0.25, -0.2) is 5.84 Å². The number of aromatic nitrogens is 2. The normalized spacial score (nSPS) is 14.8. The molecule has 5 N–H and O–H groups in total. The van der Waals surface area contributed by atoms with E-state index in [2.05, 4.69) is 35.1 Å². The van der Waals surface area contributed by atoms with Gasteiger partial charge in [0.2, 0.25) is 0 Å². The van der Waals surface area contributed by atoms with Crippen LogP contribution in [0.15, 0.2) is 48.7 Å². The van der Waals surface area contributed by atoms with Crippen molar-refractivity contribution in [2.75, 3.05) is 30.9 Å². The minimum Gasteiger partial charge on any atom is -0.492 e. The molecule has 216 valence electrons. The van der Waals surface area contributed by atoms with Crippen LogP contribution in [0.5, 0.6) is 5.75 Å². The predicted molar refractivity (Wildman–Crippen MR) is 163 cm³/mol. The molecule has 1 aliphatic heterocycles. The number of hydrazine groups is 1. The second kappa shape index (κ2) is 10.7. The summed E-state index contributed by atoms with van der Waals surface area (Å²) in [4.78, 5) is 15.0. The highest BCUT2D eigenvalue weighted by molar-refractivity contribution is 5.84. The van der Waals surface area contributed by atoms with Crippen LogP contribution >= 0.6 is 0 Å². The summed E-state index contributed by atoms with van der Waals surface area (Å²) in [5, 5.41) is 17.4. The van der Waals surface area contributed by atoms with E-state index in [9.17, 15) is 9.90 Å². The van der Waals surface area contributed by atoms with Crippen molar-refractivity contribution in [3.05, 3.63) is 82.0 Å². The van der Waals surface area contributed by atoms with E-state index < -0.39 is 17.3 Å². The van der Waals surface area contributed by atoms with Crippen LogP contribution in [0.1, 0.15) is 53.1 Å². The van der Waals surface area contributed by atoms with E-state index in [4.69, 9.17) is 16.3 Å². The fraction of sp³-hybridized carbons (Fsp3) is 0.375. The van der Waals surface area contributed by atoms with Gasteiger partial charge in [0, 0.05) is 50.6 Å². The van der Waals surface area contributed by atoms with Crippen LogP contribution in [0.4, 0.5) is 11.4 Å². The van der Waals surface area contributed by atoms with E-state index in [1.165, 1.54) is 5.01 Å². The summed E-state index contributed by atoms with van der Waals surface area (Å²) < 4.78 is 8.06. The monoisotopic (exact) mass is 556 g/mol. The number of nitrogens with zero attached hydrogens (tertiary/aromatic N) is 4. The van der Waals surface area contributed by atoms with Gasteiger partial charge in [0.25, 0.3) is 0 Å². The van der Waals surface area contributed by atoms with Crippen LogP contribution in [0.25, 0.3) is 10.9 Å². The number of carbonyl (C=O) groups is 1. The molecule has 0 saturated heterocycles. The molecular formula is C32H40N6O3. The van der Waals surface area contributed by atoms with Crippen LogP contribution < -0.4 is 21.3 Å². The molecule has 0 aliphatic carbocycles. The van der Waals surface area contributed by atoms with Gasteiger partial charge in [0.15, 0.2) is 0 Å². The average molecular weight is 557 g/mol. The van der Waals surface area contributed by atoms with E-state index in [1.54, 1.807) is 20.9 Å². The minimum atomic E-state index is -1.10. The summed E-state index contributed by atoms with van der Waals surface area (Å²) in [5.41, 5.74) is 13.8. The van der Waals surface area contributed by atoms with Crippen molar-refractivity contribution in [2.45, 2.75) is 46.7 Å². The van der Waals surface area contributed by atoms with Gasteiger partial charge in [-0.15, -0.1) is 0 Å². The number of rotatable bonds is 7. The number of anilines is 2. The molecule has 3 aromatic carbocycles. The molecule has 9 nitrogen and oxygen atoms in total. The number of benzene rings is 3. The number of carboxylic acid groups (broad SMARTS) is 1. The summed E-state index contributed by atoms with van der Waals surface area (Å²) >= 11 is 0. The van der Waals surface area contributed by atoms with Gasteiger partial charge in [-0.2, -0.15) is 5.10 Å². The maximum absolute atomic E-state index is 12.6. The summed E-state index contributed by atoms with van der Waals surface area (Å²) in [6.45, 7) is 10.4. The van der Waals surface area contributed by atoms with Gasteiger partial charge >= 0.3 is 5.97 Å². The summed E-state index contributed by atoms with van der Waals surface area (Å²) in [5.74, 6) is 5.59. The molecule has 1 unspecified atom stereocenters. The Hall–Kier alpha value is -4.08. The van der Waals surface area contributed by atoms with E-state index in [1.807, 2.05) is 49.1 Å². The first-order valence-electron chi connectivity index (χ1n) is 13.9. The molecule has 9 heteroatoms. The number of hydrogen-bond donors (Lipinski definition) is 3. The van der Waals surface area contributed by atoms with Crippen LogP contribution in [-0.2, 0) is 24.9 Å². The van der Waals surface area contributed by atoms with Gasteiger partial charge in [-0.1, -0.05) is 24.3 Å². The smallest absolute Gasteiger partial charge is 0.310 e. The van der Waals surface area contributed by atoms with E-state index in [0.717, 1.165) is 63.1 Å². The Morgan fingerprint density at radius 3 is 2.66 bits per heavy atom. The highest BCUT2D eigenvalue weighted by atomic mass is 16.5. The molecule has 1 aromatic heterocycles. The van der Waals surface area contributed by atoms with Crippen molar-refractivity contribution in [1.82, 2.24) is 14.7 Å². The second-order valence-electron chi connectivity index (χ2n) is 11.8. The van der Waals surface area contributed by atoms with Crippen molar-refractivity contribution in [3.63, 3.8) is 0 Å². The van der Waals surface area contributed by atoms with Crippen molar-refractivity contribution >= 4 is 28.2 Å². The summed E-state index contributed by atoms with van der Waals surface area (Å²) in [6, 6.07) is 14.2. The number of carboxylic acids is 1. The van der Waals surface area contributed by atoms with E-state index in [-0.39, 0.29) is 0 Å². The average Bonchev–Trinajstić information content (AvgIpc) is 3.17. The zero-order valence-corrected chi connectivity index (χ0v) is 24.7. The molecule has 41 heavy (non-hydrogen) atoms. The van der Waals surface area contributed by atoms with Gasteiger partial charge in [0.05, 0.1) is 28.5 Å². The van der Waals surface area contributed by atoms with E-state index in [0.29, 0.717) is 24.5 Å². The lowest BCUT2D eigenvalue weighted by Crippen LogP contribution is -2.33. The quantitative estimate of drug-likeness (QED) is 0.170. The van der Waals surface area contributed by atoms with Crippen molar-refractivity contribution in [1.29, 1.82) is 0 Å². The van der Waals surface area contributed by atoms with Crippen LogP contribution in [0.3, 0.4) is 0 Å². The molecular weight excluding hydrogens is 516 g/mol. The minimum absolute atomic E-state index is 0.430. The molecule has 0 spiro atoms. The molecule has 1 aliphatic rings. The van der Waals surface area contributed by atoms with Gasteiger partial charge in [0.1, 0.15) is 12.4 Å². The lowest BCUT2D eigenvalue weighted by Gasteiger charge is -2.34. The number of ether oxygens (including phenoxy) is 1. The molecule has 1 atom stereocenters. The molecule has 0 saturated carbocycles. The standard InChI is InChI=1S/C32H40N6O3/c1-19-7-8-21(28(32(3,4)31(39)40)24-10-11-26(36(5)34)29(33)20(24)2)15-23(19)17-38-13-14-41-27-12-9-22-16-35-37(6)30(22)25(27)18-38/h7-12,15-16,28H,13-14,17-18,33-34H2,1-6H3,(H,39,40). The van der Waals surface area contributed by atoms with Gasteiger partial charge in [-0.05, 0) is 73.7 Å². The zero-order chi connectivity index (χ0) is 29.6. The van der Waals surface area contributed by atoms with Crippen LogP contribution in [0, 0.1) is 19.3 Å². The maximum Gasteiger partial charge on any atom is 0.310 e. The Balaban J connectivity index is 1.55. The molecule has 0 bridgehead atoms. The summed E-state index contributed by atoms with van der Waals surface area (Å²) in [7, 11) is 3.70. The number of fused-ring (bicyclic) bond motifs is 3. The molecule has 2 heterocycles. The summed E-state index contributed by atoms with van der Waals surface area (Å²) in [6.07, 6.45) is 1.88. The lowest BCUT2D eigenvalue weighted by molar-refractivity contribution is -0.147. The van der Waals surface area contributed by atoms with E-state index >= 15 is 0 Å². The Labute approximate surface area is 241 Å². The van der Waals surface area contributed by atoms with Crippen molar-refractivity contribution < 1.29 is 14.6 Å². The largest absolute Gasteiger partial charge is 0.492 e. The number of aryl methyl sites for hydroxylation is 2. The van der Waals surface area contributed by atoms with Crippen LogP contribution in [-0.4, -0.2) is 46.0 Å². The third-order valence-electron chi connectivity index (χ3n) is 8.61.